The van der Waals surface area contributed by atoms with Crippen molar-refractivity contribution in [2.24, 2.45) is 0 Å². The van der Waals surface area contributed by atoms with E-state index in [-0.39, 0.29) is 11.9 Å². The van der Waals surface area contributed by atoms with Crippen LogP contribution in [0, 0.1) is 0 Å². The zero-order valence-electron chi connectivity index (χ0n) is 15.1. The molecule has 0 fully saturated rings. The Hall–Kier alpha value is -3.22. The molecular weight excluding hydrogens is 328 g/mol. The molecule has 7 heteroatoms. The normalized spacial score (nSPS) is 11.8. The first-order valence-corrected chi connectivity index (χ1v) is 8.43. The summed E-state index contributed by atoms with van der Waals surface area (Å²) in [5.41, 5.74) is 2.49. The Morgan fingerprint density at radius 3 is 2.81 bits per heavy atom. The standard InChI is InChI=1S/C19H22N6O/c1-13(10-14-6-5-9-20-12-14)21-18(26)16-8-4-7-15(11-16)17-22-19(24-23-17)25(2)3/h4-9,11-13H,10H2,1-3H3,(H,21,26)(H,22,23,24)/t13-/m0/s1. The fraction of sp³-hybridized carbons (Fsp3) is 0.263. The predicted molar refractivity (Wildman–Crippen MR) is 101 cm³/mol. The first-order valence-electron chi connectivity index (χ1n) is 8.43. The summed E-state index contributed by atoms with van der Waals surface area (Å²) in [6.45, 7) is 1.98. The molecule has 0 unspecified atom stereocenters. The van der Waals surface area contributed by atoms with E-state index in [0.717, 1.165) is 17.5 Å². The smallest absolute Gasteiger partial charge is 0.251 e. The molecule has 2 N–H and O–H groups in total. The Morgan fingerprint density at radius 2 is 2.12 bits per heavy atom. The van der Waals surface area contributed by atoms with E-state index in [4.69, 9.17) is 0 Å². The number of rotatable bonds is 6. The van der Waals surface area contributed by atoms with Gasteiger partial charge in [-0.15, -0.1) is 5.10 Å². The Morgan fingerprint density at radius 1 is 1.27 bits per heavy atom. The highest BCUT2D eigenvalue weighted by molar-refractivity contribution is 5.95. The summed E-state index contributed by atoms with van der Waals surface area (Å²) >= 11 is 0. The molecule has 7 nitrogen and oxygen atoms in total. The second kappa shape index (κ2) is 7.77. The summed E-state index contributed by atoms with van der Waals surface area (Å²) in [6, 6.07) is 11.2. The third-order valence-corrected chi connectivity index (χ3v) is 3.91. The molecule has 0 radical (unpaired) electrons. The first-order chi connectivity index (χ1) is 12.5. The van der Waals surface area contributed by atoms with Crippen LogP contribution < -0.4 is 10.2 Å². The van der Waals surface area contributed by atoms with Crippen molar-refractivity contribution in [3.8, 4) is 11.4 Å². The molecule has 0 aliphatic carbocycles. The monoisotopic (exact) mass is 350 g/mol. The van der Waals surface area contributed by atoms with Gasteiger partial charge in [-0.2, -0.15) is 4.98 Å². The van der Waals surface area contributed by atoms with Crippen LogP contribution in [0.2, 0.25) is 0 Å². The lowest BCUT2D eigenvalue weighted by molar-refractivity contribution is 0.0940. The Balaban J connectivity index is 1.69. The van der Waals surface area contributed by atoms with Gasteiger partial charge in [0.05, 0.1) is 0 Å². The number of pyridine rings is 1. The number of hydrogen-bond acceptors (Lipinski definition) is 5. The van der Waals surface area contributed by atoms with Crippen LogP contribution in [0.3, 0.4) is 0 Å². The average molecular weight is 350 g/mol. The highest BCUT2D eigenvalue weighted by Gasteiger charge is 2.13. The maximum atomic E-state index is 12.6. The number of nitrogens with one attached hydrogen (secondary N) is 2. The molecule has 2 aromatic heterocycles. The maximum Gasteiger partial charge on any atom is 0.251 e. The molecule has 0 aliphatic heterocycles. The van der Waals surface area contributed by atoms with Gasteiger partial charge in [-0.25, -0.2) is 0 Å². The number of nitrogens with zero attached hydrogens (tertiary/aromatic N) is 4. The number of hydrogen-bond donors (Lipinski definition) is 2. The molecule has 2 heterocycles. The fourth-order valence-corrected chi connectivity index (χ4v) is 2.62. The number of H-pyrrole nitrogens is 1. The number of aromatic nitrogens is 4. The second-order valence-electron chi connectivity index (χ2n) is 6.40. The molecule has 26 heavy (non-hydrogen) atoms. The van der Waals surface area contributed by atoms with Crippen molar-refractivity contribution in [3.63, 3.8) is 0 Å². The van der Waals surface area contributed by atoms with Crippen molar-refractivity contribution in [2.75, 3.05) is 19.0 Å². The lowest BCUT2D eigenvalue weighted by Gasteiger charge is -2.14. The highest BCUT2D eigenvalue weighted by atomic mass is 16.1. The first kappa shape index (κ1) is 17.6. The molecule has 0 saturated heterocycles. The Bertz CT molecular complexity index is 875. The van der Waals surface area contributed by atoms with Gasteiger partial charge in [-0.05, 0) is 37.1 Å². The molecule has 0 bridgehead atoms. The van der Waals surface area contributed by atoms with E-state index in [1.807, 2.05) is 62.4 Å². The zero-order valence-corrected chi connectivity index (χ0v) is 15.1. The molecule has 1 atom stereocenters. The van der Waals surface area contributed by atoms with Crippen LogP contribution in [0.4, 0.5) is 5.95 Å². The van der Waals surface area contributed by atoms with E-state index in [1.54, 1.807) is 12.3 Å². The molecular formula is C19H22N6O. The van der Waals surface area contributed by atoms with E-state index in [0.29, 0.717) is 17.3 Å². The number of amides is 1. The van der Waals surface area contributed by atoms with Crippen LogP contribution >= 0.6 is 0 Å². The van der Waals surface area contributed by atoms with Gasteiger partial charge in [0.1, 0.15) is 0 Å². The number of carbonyl (C=O) groups excluding carboxylic acids is 1. The van der Waals surface area contributed by atoms with E-state index in [9.17, 15) is 4.79 Å². The van der Waals surface area contributed by atoms with Crippen molar-refractivity contribution in [3.05, 3.63) is 59.9 Å². The van der Waals surface area contributed by atoms with Crippen LogP contribution in [0.5, 0.6) is 0 Å². The topological polar surface area (TPSA) is 86.8 Å². The van der Waals surface area contributed by atoms with Crippen molar-refractivity contribution >= 4 is 11.9 Å². The second-order valence-corrected chi connectivity index (χ2v) is 6.40. The van der Waals surface area contributed by atoms with Crippen LogP contribution in [-0.2, 0) is 6.42 Å². The summed E-state index contributed by atoms with van der Waals surface area (Å²) in [6.07, 6.45) is 4.28. The lowest BCUT2D eigenvalue weighted by Crippen LogP contribution is -2.34. The highest BCUT2D eigenvalue weighted by Crippen LogP contribution is 2.18. The van der Waals surface area contributed by atoms with E-state index in [1.165, 1.54) is 0 Å². The zero-order chi connectivity index (χ0) is 18.5. The minimum absolute atomic E-state index is 0.000907. The van der Waals surface area contributed by atoms with Crippen LogP contribution in [0.15, 0.2) is 48.8 Å². The minimum atomic E-state index is -0.115. The fourth-order valence-electron chi connectivity index (χ4n) is 2.62. The lowest BCUT2D eigenvalue weighted by atomic mass is 10.1. The molecule has 0 aliphatic rings. The van der Waals surface area contributed by atoms with E-state index >= 15 is 0 Å². The SMILES string of the molecule is C[C@@H](Cc1cccnc1)NC(=O)c1cccc(-c2nc(N(C)C)n[nH]2)c1. The van der Waals surface area contributed by atoms with E-state index in [2.05, 4.69) is 25.5 Å². The Labute approximate surface area is 152 Å². The molecule has 1 aromatic carbocycles. The van der Waals surface area contributed by atoms with Gasteiger partial charge in [0.15, 0.2) is 5.82 Å². The van der Waals surface area contributed by atoms with E-state index < -0.39 is 0 Å². The average Bonchev–Trinajstić information content (AvgIpc) is 3.13. The molecule has 0 saturated carbocycles. The number of benzene rings is 1. The van der Waals surface area contributed by atoms with Gasteiger partial charge in [0.25, 0.3) is 5.91 Å². The van der Waals surface area contributed by atoms with Gasteiger partial charge in [0, 0.05) is 43.7 Å². The van der Waals surface area contributed by atoms with Crippen molar-refractivity contribution in [2.45, 2.75) is 19.4 Å². The summed E-state index contributed by atoms with van der Waals surface area (Å²) in [5.74, 6) is 1.11. The number of anilines is 1. The van der Waals surface area contributed by atoms with Crippen molar-refractivity contribution in [1.82, 2.24) is 25.5 Å². The molecule has 134 valence electrons. The third kappa shape index (κ3) is 4.24. The Kier molecular flexibility index (Phi) is 5.26. The predicted octanol–water partition coefficient (Wildman–Crippen LogP) is 2.29. The van der Waals surface area contributed by atoms with Crippen LogP contribution in [-0.4, -0.2) is 46.2 Å². The largest absolute Gasteiger partial charge is 0.349 e. The maximum absolute atomic E-state index is 12.6. The number of carbonyl (C=O) groups is 1. The molecule has 0 spiro atoms. The van der Waals surface area contributed by atoms with Gasteiger partial charge in [-0.1, -0.05) is 18.2 Å². The summed E-state index contributed by atoms with van der Waals surface area (Å²) in [7, 11) is 3.75. The molecule has 1 amide bonds. The third-order valence-electron chi connectivity index (χ3n) is 3.91. The van der Waals surface area contributed by atoms with Gasteiger partial charge >= 0.3 is 0 Å². The molecule has 3 aromatic rings. The quantitative estimate of drug-likeness (QED) is 0.712. The van der Waals surface area contributed by atoms with Gasteiger partial charge in [0.2, 0.25) is 5.95 Å². The summed E-state index contributed by atoms with van der Waals surface area (Å²) < 4.78 is 0. The number of aromatic amines is 1. The molecule has 3 rings (SSSR count). The van der Waals surface area contributed by atoms with Crippen LogP contribution in [0.25, 0.3) is 11.4 Å². The van der Waals surface area contributed by atoms with Crippen molar-refractivity contribution < 1.29 is 4.79 Å². The van der Waals surface area contributed by atoms with Gasteiger partial charge < -0.3 is 10.2 Å². The van der Waals surface area contributed by atoms with Crippen LogP contribution in [0.1, 0.15) is 22.8 Å². The van der Waals surface area contributed by atoms with Crippen molar-refractivity contribution in [1.29, 1.82) is 0 Å². The van der Waals surface area contributed by atoms with Gasteiger partial charge in [-0.3, -0.25) is 14.9 Å². The summed E-state index contributed by atoms with van der Waals surface area (Å²) in [5, 5.41) is 10.1. The minimum Gasteiger partial charge on any atom is -0.349 e. The summed E-state index contributed by atoms with van der Waals surface area (Å²) in [4.78, 5) is 22.9.